The van der Waals surface area contributed by atoms with E-state index in [1.54, 1.807) is 31.2 Å². The number of hydrogen-bond donors (Lipinski definition) is 0. The number of nitrogens with zero attached hydrogens (tertiary/aromatic N) is 1. The third kappa shape index (κ3) is 3.51. The van der Waals surface area contributed by atoms with Crippen molar-refractivity contribution < 1.29 is 13.7 Å². The molecule has 0 atom stereocenters. The van der Waals surface area contributed by atoms with Crippen molar-refractivity contribution >= 4 is 34.2 Å². The Morgan fingerprint density at radius 2 is 1.82 bits per heavy atom. The maximum absolute atomic E-state index is 11.9. The highest BCUT2D eigenvalue weighted by Crippen LogP contribution is 2.29. The predicted molar refractivity (Wildman–Crippen MR) is 108 cm³/mol. The third-order valence-electron chi connectivity index (χ3n) is 4.58. The van der Waals surface area contributed by atoms with E-state index in [0.717, 1.165) is 16.5 Å². The van der Waals surface area contributed by atoms with Gasteiger partial charge in [0.2, 0.25) is 0 Å². The van der Waals surface area contributed by atoms with Gasteiger partial charge in [-0.1, -0.05) is 34.4 Å². The fourth-order valence-corrected chi connectivity index (χ4v) is 3.14. The minimum Gasteiger partial charge on any atom is -0.485 e. The smallest absolute Gasteiger partial charge is 0.339 e. The van der Waals surface area contributed by atoms with Crippen molar-refractivity contribution in [2.45, 2.75) is 20.5 Å². The fraction of sp³-hybridized carbons (Fsp3) is 0.143. The van der Waals surface area contributed by atoms with Crippen molar-refractivity contribution in [2.24, 2.45) is 0 Å². The number of halogens is 2. The van der Waals surface area contributed by atoms with Crippen LogP contribution < -0.4 is 10.4 Å². The highest BCUT2D eigenvalue weighted by Gasteiger charge is 2.11. The summed E-state index contributed by atoms with van der Waals surface area (Å²) in [7, 11) is 0. The van der Waals surface area contributed by atoms with Gasteiger partial charge in [0.25, 0.3) is 0 Å². The molecule has 0 fully saturated rings. The van der Waals surface area contributed by atoms with Gasteiger partial charge < -0.3 is 13.7 Å². The van der Waals surface area contributed by atoms with E-state index in [4.69, 9.17) is 36.9 Å². The highest BCUT2D eigenvalue weighted by atomic mass is 35.5. The monoisotopic (exact) mass is 415 g/mol. The van der Waals surface area contributed by atoms with E-state index < -0.39 is 0 Å². The molecular weight excluding hydrogens is 401 g/mol. The second-order valence-corrected chi connectivity index (χ2v) is 7.21. The van der Waals surface area contributed by atoms with Crippen molar-refractivity contribution in [3.05, 3.63) is 79.8 Å². The molecule has 0 spiro atoms. The molecule has 2 aromatic carbocycles. The molecule has 0 N–H and O–H groups in total. The molecule has 5 nitrogen and oxygen atoms in total. The normalized spacial score (nSPS) is 11.1. The van der Waals surface area contributed by atoms with Crippen molar-refractivity contribution in [1.29, 1.82) is 0 Å². The number of rotatable bonds is 4. The summed E-state index contributed by atoms with van der Waals surface area (Å²) in [6.45, 7) is 3.82. The molecule has 0 radical (unpaired) electrons. The molecule has 0 saturated carbocycles. The van der Waals surface area contributed by atoms with E-state index in [1.165, 1.54) is 0 Å². The van der Waals surface area contributed by atoms with Gasteiger partial charge in [-0.25, -0.2) is 4.79 Å². The Bertz CT molecular complexity index is 1240. The van der Waals surface area contributed by atoms with Crippen LogP contribution in [-0.2, 0) is 6.61 Å². The molecule has 0 amide bonds. The van der Waals surface area contributed by atoms with E-state index >= 15 is 0 Å². The minimum atomic E-state index is -0.344. The maximum Gasteiger partial charge on any atom is 0.339 e. The SMILES string of the molecule is Cc1c(C)c2ccc(OCc3cc(-c4ccc(Cl)c(Cl)c4)no3)cc2oc1=O. The Kier molecular flexibility index (Phi) is 4.87. The van der Waals surface area contributed by atoms with Crippen molar-refractivity contribution in [3.63, 3.8) is 0 Å². The Hall–Kier alpha value is -2.76. The molecule has 0 unspecified atom stereocenters. The van der Waals surface area contributed by atoms with Crippen LogP contribution in [0.15, 0.2) is 56.2 Å². The predicted octanol–water partition coefficient (Wildman–Crippen LogP) is 5.95. The Balaban J connectivity index is 1.53. The largest absolute Gasteiger partial charge is 0.485 e. The Morgan fingerprint density at radius 3 is 2.61 bits per heavy atom. The van der Waals surface area contributed by atoms with Crippen LogP contribution in [0, 0.1) is 13.8 Å². The topological polar surface area (TPSA) is 65.5 Å². The number of benzene rings is 2. The molecule has 142 valence electrons. The van der Waals surface area contributed by atoms with Gasteiger partial charge in [0.1, 0.15) is 23.6 Å². The van der Waals surface area contributed by atoms with Crippen LogP contribution in [0.2, 0.25) is 10.0 Å². The molecule has 0 aliphatic rings. The second-order valence-electron chi connectivity index (χ2n) is 6.39. The molecule has 2 heterocycles. The van der Waals surface area contributed by atoms with E-state index in [9.17, 15) is 4.79 Å². The molecular formula is C21H15Cl2NO4. The van der Waals surface area contributed by atoms with Gasteiger partial charge in [-0.2, -0.15) is 0 Å². The first-order valence-corrected chi connectivity index (χ1v) is 9.26. The quantitative estimate of drug-likeness (QED) is 0.385. The summed E-state index contributed by atoms with van der Waals surface area (Å²) >= 11 is 12.0. The van der Waals surface area contributed by atoms with Crippen LogP contribution in [0.3, 0.4) is 0 Å². The van der Waals surface area contributed by atoms with Crippen molar-refractivity contribution in [3.8, 4) is 17.0 Å². The zero-order chi connectivity index (χ0) is 19.8. The summed E-state index contributed by atoms with van der Waals surface area (Å²) in [4.78, 5) is 11.9. The van der Waals surface area contributed by atoms with E-state index in [0.29, 0.717) is 38.4 Å². The first-order chi connectivity index (χ1) is 13.4. The van der Waals surface area contributed by atoms with Gasteiger partial charge in [-0.05, 0) is 43.7 Å². The summed E-state index contributed by atoms with van der Waals surface area (Å²) in [5.74, 6) is 1.11. The zero-order valence-electron chi connectivity index (χ0n) is 15.1. The van der Waals surface area contributed by atoms with E-state index in [-0.39, 0.29) is 12.2 Å². The summed E-state index contributed by atoms with van der Waals surface area (Å²) in [6.07, 6.45) is 0. The second kappa shape index (κ2) is 7.34. The lowest BCUT2D eigenvalue weighted by Crippen LogP contribution is -2.05. The molecule has 4 rings (SSSR count). The standard InChI is InChI=1S/C21H15Cl2NO4/c1-11-12(2)21(25)27-20-9-14(4-5-16(11)20)26-10-15-8-19(24-28-15)13-3-6-17(22)18(23)7-13/h3-9H,10H2,1-2H3. The lowest BCUT2D eigenvalue weighted by molar-refractivity contribution is 0.249. The van der Waals surface area contributed by atoms with Crippen LogP contribution in [0.5, 0.6) is 5.75 Å². The molecule has 0 aliphatic heterocycles. The van der Waals surface area contributed by atoms with Crippen LogP contribution in [-0.4, -0.2) is 5.16 Å². The molecule has 0 aliphatic carbocycles. The van der Waals surface area contributed by atoms with Crippen LogP contribution in [0.4, 0.5) is 0 Å². The van der Waals surface area contributed by atoms with Gasteiger partial charge in [0.15, 0.2) is 5.76 Å². The summed E-state index contributed by atoms with van der Waals surface area (Å²) in [5.41, 5.74) is 3.08. The lowest BCUT2D eigenvalue weighted by Gasteiger charge is -2.07. The highest BCUT2D eigenvalue weighted by molar-refractivity contribution is 6.42. The number of ether oxygens (including phenoxy) is 1. The summed E-state index contributed by atoms with van der Waals surface area (Å²) in [5, 5.41) is 5.84. The number of fused-ring (bicyclic) bond motifs is 1. The average Bonchev–Trinajstić information content (AvgIpc) is 3.15. The van der Waals surface area contributed by atoms with Crippen molar-refractivity contribution in [1.82, 2.24) is 5.16 Å². The first-order valence-electron chi connectivity index (χ1n) is 8.50. The van der Waals surface area contributed by atoms with Gasteiger partial charge in [-0.3, -0.25) is 0 Å². The van der Waals surface area contributed by atoms with Crippen LogP contribution >= 0.6 is 23.2 Å². The summed E-state index contributed by atoms with van der Waals surface area (Å²) < 4.78 is 16.4. The molecule has 7 heteroatoms. The minimum absolute atomic E-state index is 0.176. The fourth-order valence-electron chi connectivity index (χ4n) is 2.85. The van der Waals surface area contributed by atoms with E-state index in [2.05, 4.69) is 5.16 Å². The van der Waals surface area contributed by atoms with Gasteiger partial charge in [-0.15, -0.1) is 0 Å². The maximum atomic E-state index is 11.9. The number of aromatic nitrogens is 1. The Morgan fingerprint density at radius 1 is 1.00 bits per heavy atom. The summed E-state index contributed by atoms with van der Waals surface area (Å²) in [6, 6.07) is 12.4. The van der Waals surface area contributed by atoms with Crippen LogP contribution in [0.1, 0.15) is 16.9 Å². The van der Waals surface area contributed by atoms with Gasteiger partial charge in [0.05, 0.1) is 10.0 Å². The number of hydrogen-bond acceptors (Lipinski definition) is 5. The van der Waals surface area contributed by atoms with E-state index in [1.807, 2.05) is 25.1 Å². The van der Waals surface area contributed by atoms with Crippen molar-refractivity contribution in [2.75, 3.05) is 0 Å². The molecule has 0 bridgehead atoms. The van der Waals surface area contributed by atoms with Gasteiger partial charge >= 0.3 is 5.63 Å². The molecule has 0 saturated heterocycles. The number of aryl methyl sites for hydroxylation is 1. The van der Waals surface area contributed by atoms with Gasteiger partial charge in [0, 0.05) is 28.6 Å². The zero-order valence-corrected chi connectivity index (χ0v) is 16.6. The average molecular weight is 416 g/mol. The van der Waals surface area contributed by atoms with Crippen LogP contribution in [0.25, 0.3) is 22.2 Å². The molecule has 4 aromatic rings. The lowest BCUT2D eigenvalue weighted by atomic mass is 10.1. The first kappa shape index (κ1) is 18.6. The third-order valence-corrected chi connectivity index (χ3v) is 5.32. The molecule has 2 aromatic heterocycles. The Labute approximate surface area is 170 Å². The molecule has 28 heavy (non-hydrogen) atoms.